The second kappa shape index (κ2) is 9.35. The van der Waals surface area contributed by atoms with Crippen molar-refractivity contribution in [3.8, 4) is 11.1 Å². The molecule has 34 heavy (non-hydrogen) atoms. The van der Waals surface area contributed by atoms with Gasteiger partial charge in [0.15, 0.2) is 5.65 Å². The number of aryl methyl sites for hydroxylation is 1. The molecule has 1 N–H and O–H groups in total. The van der Waals surface area contributed by atoms with Crippen LogP contribution in [-0.4, -0.2) is 65.6 Å². The van der Waals surface area contributed by atoms with E-state index < -0.39 is 5.82 Å². The van der Waals surface area contributed by atoms with Gasteiger partial charge in [-0.3, -0.25) is 4.79 Å². The summed E-state index contributed by atoms with van der Waals surface area (Å²) in [5, 5.41) is 2.87. The Bertz CT molecular complexity index is 1200. The monoisotopic (exact) mass is 465 g/mol. The number of ether oxygens (including phenoxy) is 1. The summed E-state index contributed by atoms with van der Waals surface area (Å²) in [7, 11) is 0. The van der Waals surface area contributed by atoms with Crippen molar-refractivity contribution >= 4 is 22.9 Å². The zero-order valence-electron chi connectivity index (χ0n) is 20.1. The summed E-state index contributed by atoms with van der Waals surface area (Å²) in [4.78, 5) is 22.0. The minimum absolute atomic E-state index is 0.115. The van der Waals surface area contributed by atoms with Crippen molar-refractivity contribution in [2.24, 2.45) is 5.92 Å². The number of imidazole rings is 1. The van der Waals surface area contributed by atoms with E-state index >= 15 is 0 Å². The summed E-state index contributed by atoms with van der Waals surface area (Å²) in [5.74, 6) is -0.650. The van der Waals surface area contributed by atoms with Gasteiger partial charge < -0.3 is 24.3 Å². The first kappa shape index (κ1) is 22.8. The third kappa shape index (κ3) is 4.40. The van der Waals surface area contributed by atoms with Crippen molar-refractivity contribution in [1.29, 1.82) is 0 Å². The first-order chi connectivity index (χ1) is 16.4. The van der Waals surface area contributed by atoms with E-state index in [0.29, 0.717) is 25.8 Å². The van der Waals surface area contributed by atoms with Crippen LogP contribution in [0.3, 0.4) is 0 Å². The van der Waals surface area contributed by atoms with Gasteiger partial charge in [0.2, 0.25) is 5.91 Å². The van der Waals surface area contributed by atoms with E-state index in [9.17, 15) is 9.18 Å². The molecule has 1 unspecified atom stereocenters. The van der Waals surface area contributed by atoms with E-state index in [2.05, 4.69) is 40.0 Å². The number of hydrogen-bond acceptors (Lipinski definition) is 5. The molecule has 2 aromatic heterocycles. The second-order valence-corrected chi connectivity index (χ2v) is 9.58. The van der Waals surface area contributed by atoms with Crippen molar-refractivity contribution < 1.29 is 13.9 Å². The normalized spacial score (nSPS) is 19.3. The van der Waals surface area contributed by atoms with Crippen LogP contribution in [0.15, 0.2) is 36.8 Å². The standard InChI is InChI=1S/C26H32FN5O2/c1-17(2)31-6-4-19(15-31)26(33)29-23-14-21(18(3)12-22(23)27)20-13-24(30-8-10-34-11-9-30)25-28-5-7-32(25)16-20/h5,7,12-14,16-17,19H,4,6,8-11,15H2,1-3H3,(H,29,33). The molecule has 3 aromatic rings. The van der Waals surface area contributed by atoms with E-state index in [1.54, 1.807) is 12.3 Å². The number of nitrogens with one attached hydrogen (secondary N) is 1. The van der Waals surface area contributed by atoms with Crippen molar-refractivity contribution in [2.45, 2.75) is 33.2 Å². The number of aromatic nitrogens is 2. The van der Waals surface area contributed by atoms with E-state index in [0.717, 1.165) is 54.1 Å². The number of anilines is 2. The van der Waals surface area contributed by atoms with Gasteiger partial charge in [0, 0.05) is 49.8 Å². The molecular weight excluding hydrogens is 433 g/mol. The number of hydrogen-bond donors (Lipinski definition) is 1. The van der Waals surface area contributed by atoms with Gasteiger partial charge in [-0.1, -0.05) is 0 Å². The summed E-state index contributed by atoms with van der Waals surface area (Å²) < 4.78 is 22.4. The van der Waals surface area contributed by atoms with Gasteiger partial charge in [-0.15, -0.1) is 0 Å². The molecule has 8 heteroatoms. The molecule has 1 aromatic carbocycles. The average molecular weight is 466 g/mol. The van der Waals surface area contributed by atoms with Gasteiger partial charge in [0.25, 0.3) is 0 Å². The average Bonchev–Trinajstić information content (AvgIpc) is 3.51. The van der Waals surface area contributed by atoms with Crippen LogP contribution in [0.2, 0.25) is 0 Å². The Labute approximate surface area is 199 Å². The molecule has 0 saturated carbocycles. The maximum absolute atomic E-state index is 14.9. The number of pyridine rings is 1. The molecule has 1 atom stereocenters. The molecule has 180 valence electrons. The first-order valence-electron chi connectivity index (χ1n) is 12.1. The van der Waals surface area contributed by atoms with Crippen LogP contribution in [0, 0.1) is 18.7 Å². The Balaban J connectivity index is 1.46. The second-order valence-electron chi connectivity index (χ2n) is 9.58. The van der Waals surface area contributed by atoms with E-state index in [1.807, 2.05) is 23.7 Å². The van der Waals surface area contributed by atoms with Crippen molar-refractivity contribution in [3.05, 3.63) is 48.2 Å². The molecule has 0 aliphatic carbocycles. The Hall–Kier alpha value is -2.97. The predicted molar refractivity (Wildman–Crippen MR) is 132 cm³/mol. The highest BCUT2D eigenvalue weighted by Crippen LogP contribution is 2.34. The van der Waals surface area contributed by atoms with Crippen molar-refractivity contribution in [1.82, 2.24) is 14.3 Å². The van der Waals surface area contributed by atoms with Gasteiger partial charge in [0.05, 0.1) is 30.5 Å². The fourth-order valence-electron chi connectivity index (χ4n) is 4.98. The van der Waals surface area contributed by atoms with Gasteiger partial charge in [-0.25, -0.2) is 9.37 Å². The summed E-state index contributed by atoms with van der Waals surface area (Å²) in [6.45, 7) is 10.7. The number of rotatable bonds is 5. The lowest BCUT2D eigenvalue weighted by molar-refractivity contribution is -0.119. The fraction of sp³-hybridized carbons (Fsp3) is 0.462. The van der Waals surface area contributed by atoms with Crippen LogP contribution in [0.5, 0.6) is 0 Å². The van der Waals surface area contributed by atoms with E-state index in [4.69, 9.17) is 4.74 Å². The highest BCUT2D eigenvalue weighted by Gasteiger charge is 2.30. The summed E-state index contributed by atoms with van der Waals surface area (Å²) in [6, 6.07) is 5.78. The Morgan fingerprint density at radius 3 is 2.74 bits per heavy atom. The number of carbonyl (C=O) groups is 1. The number of morpholine rings is 1. The van der Waals surface area contributed by atoms with Crippen LogP contribution < -0.4 is 10.2 Å². The molecule has 0 bridgehead atoms. The maximum atomic E-state index is 14.9. The van der Waals surface area contributed by atoms with Crippen LogP contribution in [0.1, 0.15) is 25.8 Å². The van der Waals surface area contributed by atoms with E-state index in [1.165, 1.54) is 6.07 Å². The molecule has 4 heterocycles. The van der Waals surface area contributed by atoms with Crippen molar-refractivity contribution in [3.63, 3.8) is 0 Å². The Kier molecular flexibility index (Phi) is 6.27. The Morgan fingerprint density at radius 1 is 1.21 bits per heavy atom. The molecule has 1 amide bonds. The number of benzene rings is 1. The minimum Gasteiger partial charge on any atom is -0.378 e. The lowest BCUT2D eigenvalue weighted by atomic mass is 9.99. The van der Waals surface area contributed by atoms with Crippen LogP contribution in [0.25, 0.3) is 16.8 Å². The quantitative estimate of drug-likeness (QED) is 0.618. The fourth-order valence-corrected chi connectivity index (χ4v) is 4.98. The number of likely N-dealkylation sites (tertiary alicyclic amines) is 1. The third-order valence-corrected chi connectivity index (χ3v) is 7.02. The van der Waals surface area contributed by atoms with Gasteiger partial charge in [-0.2, -0.15) is 0 Å². The number of carbonyl (C=O) groups excluding carboxylic acids is 1. The number of nitrogens with zero attached hydrogens (tertiary/aromatic N) is 4. The summed E-state index contributed by atoms with van der Waals surface area (Å²) >= 11 is 0. The molecule has 0 spiro atoms. The molecular formula is C26H32FN5O2. The highest BCUT2D eigenvalue weighted by atomic mass is 19.1. The predicted octanol–water partition coefficient (Wildman–Crippen LogP) is 3.95. The Morgan fingerprint density at radius 2 is 2.00 bits per heavy atom. The number of halogens is 1. The molecule has 7 nitrogen and oxygen atoms in total. The highest BCUT2D eigenvalue weighted by molar-refractivity contribution is 5.94. The molecule has 2 aliphatic heterocycles. The SMILES string of the molecule is Cc1cc(F)c(NC(=O)C2CCN(C(C)C)C2)cc1-c1cc(N2CCOCC2)c2nccn2c1. The lowest BCUT2D eigenvalue weighted by Gasteiger charge is -2.29. The summed E-state index contributed by atoms with van der Waals surface area (Å²) in [5.41, 5.74) is 4.79. The first-order valence-corrected chi connectivity index (χ1v) is 12.1. The number of amides is 1. The lowest BCUT2D eigenvalue weighted by Crippen LogP contribution is -2.36. The van der Waals surface area contributed by atoms with Crippen molar-refractivity contribution in [2.75, 3.05) is 49.6 Å². The molecule has 0 radical (unpaired) electrons. The molecule has 2 fully saturated rings. The number of fused-ring (bicyclic) bond motifs is 1. The zero-order valence-corrected chi connectivity index (χ0v) is 20.1. The van der Waals surface area contributed by atoms with Crippen LogP contribution in [-0.2, 0) is 9.53 Å². The van der Waals surface area contributed by atoms with Crippen LogP contribution >= 0.6 is 0 Å². The third-order valence-electron chi connectivity index (χ3n) is 7.02. The largest absolute Gasteiger partial charge is 0.378 e. The molecule has 5 rings (SSSR count). The maximum Gasteiger partial charge on any atom is 0.228 e. The zero-order chi connectivity index (χ0) is 23.8. The van der Waals surface area contributed by atoms with Gasteiger partial charge in [0.1, 0.15) is 5.82 Å². The van der Waals surface area contributed by atoms with Gasteiger partial charge in [-0.05, 0) is 63.1 Å². The van der Waals surface area contributed by atoms with Crippen LogP contribution in [0.4, 0.5) is 15.8 Å². The minimum atomic E-state index is -0.412. The molecule has 2 saturated heterocycles. The smallest absolute Gasteiger partial charge is 0.228 e. The topological polar surface area (TPSA) is 62.1 Å². The molecule has 2 aliphatic rings. The van der Waals surface area contributed by atoms with E-state index in [-0.39, 0.29) is 17.5 Å². The van der Waals surface area contributed by atoms with Gasteiger partial charge >= 0.3 is 0 Å². The summed E-state index contributed by atoms with van der Waals surface area (Å²) in [6.07, 6.45) is 6.51.